The van der Waals surface area contributed by atoms with Crippen molar-refractivity contribution < 1.29 is 13.2 Å². The summed E-state index contributed by atoms with van der Waals surface area (Å²) in [6.07, 6.45) is -2.39. The van der Waals surface area contributed by atoms with Gasteiger partial charge in [-0.3, -0.25) is 0 Å². The van der Waals surface area contributed by atoms with Crippen LogP contribution in [0.4, 0.5) is 18.9 Å². The highest BCUT2D eigenvalue weighted by molar-refractivity contribution is 5.61. The third kappa shape index (κ3) is 2.31. The van der Waals surface area contributed by atoms with Gasteiger partial charge in [-0.25, -0.2) is 0 Å². The molecule has 2 aliphatic heterocycles. The summed E-state index contributed by atoms with van der Waals surface area (Å²) in [7, 11) is 2.08. The van der Waals surface area contributed by atoms with E-state index in [1.54, 1.807) is 6.07 Å². The van der Waals surface area contributed by atoms with Gasteiger partial charge in [0.2, 0.25) is 0 Å². The van der Waals surface area contributed by atoms with Gasteiger partial charge in [0, 0.05) is 24.8 Å². The van der Waals surface area contributed by atoms with Crippen molar-refractivity contribution in [3.8, 4) is 0 Å². The zero-order chi connectivity index (χ0) is 13.6. The molecule has 1 aromatic carbocycles. The van der Waals surface area contributed by atoms with Crippen LogP contribution in [0.1, 0.15) is 17.5 Å². The predicted molar refractivity (Wildman–Crippen MR) is 68.4 cm³/mol. The van der Waals surface area contributed by atoms with E-state index in [2.05, 4.69) is 16.8 Å². The van der Waals surface area contributed by atoms with Crippen LogP contribution in [-0.2, 0) is 12.6 Å². The number of fused-ring (bicyclic) bond motifs is 3. The van der Waals surface area contributed by atoms with Crippen LogP contribution in [0.2, 0.25) is 0 Å². The molecule has 0 aromatic heterocycles. The van der Waals surface area contributed by atoms with Gasteiger partial charge >= 0.3 is 6.18 Å². The fourth-order valence-corrected chi connectivity index (χ4v) is 3.17. The first kappa shape index (κ1) is 12.8. The van der Waals surface area contributed by atoms with Crippen LogP contribution in [0.5, 0.6) is 0 Å². The lowest BCUT2D eigenvalue weighted by Crippen LogP contribution is -2.37. The number of rotatable bonds is 0. The Labute approximate surface area is 110 Å². The van der Waals surface area contributed by atoms with Crippen LogP contribution < -0.4 is 4.90 Å². The fraction of sp³-hybridized carbons (Fsp3) is 0.571. The molecule has 0 radical (unpaired) electrons. The Morgan fingerprint density at radius 2 is 2.00 bits per heavy atom. The number of nitrogens with zero attached hydrogens (tertiary/aromatic N) is 2. The van der Waals surface area contributed by atoms with Gasteiger partial charge < -0.3 is 9.80 Å². The molecule has 2 aliphatic rings. The Hall–Kier alpha value is -1.23. The standard InChI is InChI=1S/C14H17F3N2/c1-18-5-2-6-19-12(9-18)7-10-3-4-11(8-13(10)19)14(15,16)17/h3-4,8,12H,2,5-7,9H2,1H3. The first-order valence-corrected chi connectivity index (χ1v) is 6.60. The summed E-state index contributed by atoms with van der Waals surface area (Å²) in [4.78, 5) is 4.43. The molecule has 0 spiro atoms. The molecule has 1 saturated heterocycles. The molecule has 0 aliphatic carbocycles. The third-order valence-electron chi connectivity index (χ3n) is 4.08. The molecular formula is C14H17F3N2. The molecular weight excluding hydrogens is 253 g/mol. The maximum Gasteiger partial charge on any atom is 0.416 e. The highest BCUT2D eigenvalue weighted by atomic mass is 19.4. The van der Waals surface area contributed by atoms with Crippen molar-refractivity contribution in [2.45, 2.75) is 25.1 Å². The Morgan fingerprint density at radius 3 is 2.74 bits per heavy atom. The highest BCUT2D eigenvalue weighted by Gasteiger charge is 2.36. The summed E-state index contributed by atoms with van der Waals surface area (Å²) >= 11 is 0. The highest BCUT2D eigenvalue weighted by Crippen LogP contribution is 2.38. The summed E-state index contributed by atoms with van der Waals surface area (Å²) in [5.74, 6) is 0. The minimum atomic E-state index is -4.25. The Kier molecular flexibility index (Phi) is 2.96. The van der Waals surface area contributed by atoms with E-state index in [1.165, 1.54) is 12.1 Å². The molecule has 0 bridgehead atoms. The number of benzene rings is 1. The van der Waals surface area contributed by atoms with E-state index < -0.39 is 11.7 Å². The van der Waals surface area contributed by atoms with Crippen LogP contribution in [0.25, 0.3) is 0 Å². The molecule has 0 saturated carbocycles. The largest absolute Gasteiger partial charge is 0.416 e. The molecule has 19 heavy (non-hydrogen) atoms. The molecule has 3 rings (SSSR count). The maximum atomic E-state index is 12.8. The topological polar surface area (TPSA) is 6.48 Å². The van der Waals surface area contributed by atoms with E-state index >= 15 is 0 Å². The number of hydrogen-bond acceptors (Lipinski definition) is 2. The van der Waals surface area contributed by atoms with Crippen molar-refractivity contribution in [2.24, 2.45) is 0 Å². The zero-order valence-electron chi connectivity index (χ0n) is 10.9. The van der Waals surface area contributed by atoms with Gasteiger partial charge in [-0.15, -0.1) is 0 Å². The summed E-state index contributed by atoms with van der Waals surface area (Å²) in [5, 5.41) is 0. The van der Waals surface area contributed by atoms with Crippen molar-refractivity contribution in [1.82, 2.24) is 4.90 Å². The summed E-state index contributed by atoms with van der Waals surface area (Å²) < 4.78 is 38.4. The molecule has 1 atom stereocenters. The van der Waals surface area contributed by atoms with Gasteiger partial charge in [-0.2, -0.15) is 13.2 Å². The average Bonchev–Trinajstić information content (AvgIpc) is 2.54. The van der Waals surface area contributed by atoms with E-state index in [1.807, 2.05) is 0 Å². The molecule has 2 heterocycles. The lowest BCUT2D eigenvalue weighted by molar-refractivity contribution is -0.137. The number of halogens is 3. The molecule has 1 fully saturated rings. The maximum absolute atomic E-state index is 12.8. The summed E-state index contributed by atoms with van der Waals surface area (Å²) in [5.41, 5.74) is 1.30. The molecule has 2 nitrogen and oxygen atoms in total. The molecule has 1 aromatic rings. The van der Waals surface area contributed by atoms with Crippen molar-refractivity contribution in [2.75, 3.05) is 31.6 Å². The lowest BCUT2D eigenvalue weighted by Gasteiger charge is -2.26. The number of likely N-dealkylation sites (N-methyl/N-ethyl adjacent to an activating group) is 1. The summed E-state index contributed by atoms with van der Waals surface area (Å²) in [6.45, 7) is 2.79. The second kappa shape index (κ2) is 4.40. The number of alkyl halides is 3. The normalized spacial score (nSPS) is 24.0. The van der Waals surface area contributed by atoms with E-state index in [-0.39, 0.29) is 0 Å². The quantitative estimate of drug-likeness (QED) is 0.715. The van der Waals surface area contributed by atoms with Gasteiger partial charge in [0.25, 0.3) is 0 Å². The summed E-state index contributed by atoms with van der Waals surface area (Å²) in [6, 6.07) is 4.49. The number of anilines is 1. The second-order valence-electron chi connectivity index (χ2n) is 5.51. The van der Waals surface area contributed by atoms with Crippen LogP contribution >= 0.6 is 0 Å². The van der Waals surface area contributed by atoms with Crippen LogP contribution in [-0.4, -0.2) is 37.6 Å². The zero-order valence-corrected chi connectivity index (χ0v) is 10.9. The van der Waals surface area contributed by atoms with Crippen molar-refractivity contribution in [3.63, 3.8) is 0 Å². The van der Waals surface area contributed by atoms with Gasteiger partial charge in [-0.1, -0.05) is 6.07 Å². The predicted octanol–water partition coefficient (Wildman–Crippen LogP) is 2.77. The van der Waals surface area contributed by atoms with Gasteiger partial charge in [-0.05, 0) is 44.1 Å². The SMILES string of the molecule is CN1CCCN2c3cc(C(F)(F)F)ccc3CC2C1. The molecule has 5 heteroatoms. The van der Waals surface area contributed by atoms with Crippen LogP contribution in [0, 0.1) is 0 Å². The van der Waals surface area contributed by atoms with E-state index in [0.717, 1.165) is 43.7 Å². The van der Waals surface area contributed by atoms with E-state index in [9.17, 15) is 13.2 Å². The smallest absolute Gasteiger partial charge is 0.367 e. The van der Waals surface area contributed by atoms with Crippen molar-refractivity contribution in [3.05, 3.63) is 29.3 Å². The lowest BCUT2D eigenvalue weighted by atomic mass is 10.1. The Bertz CT molecular complexity index is 484. The monoisotopic (exact) mass is 270 g/mol. The second-order valence-corrected chi connectivity index (χ2v) is 5.51. The fourth-order valence-electron chi connectivity index (χ4n) is 3.17. The molecule has 0 amide bonds. The molecule has 1 unspecified atom stereocenters. The van der Waals surface area contributed by atoms with Gasteiger partial charge in [0.05, 0.1) is 5.56 Å². The van der Waals surface area contributed by atoms with Gasteiger partial charge in [0.1, 0.15) is 0 Å². The Morgan fingerprint density at radius 1 is 1.21 bits per heavy atom. The minimum Gasteiger partial charge on any atom is -0.367 e. The Balaban J connectivity index is 1.95. The average molecular weight is 270 g/mol. The first-order valence-electron chi connectivity index (χ1n) is 6.60. The van der Waals surface area contributed by atoms with Gasteiger partial charge in [0.15, 0.2) is 0 Å². The van der Waals surface area contributed by atoms with E-state index in [4.69, 9.17) is 0 Å². The van der Waals surface area contributed by atoms with Crippen LogP contribution in [0.15, 0.2) is 18.2 Å². The van der Waals surface area contributed by atoms with Crippen LogP contribution in [0.3, 0.4) is 0 Å². The van der Waals surface area contributed by atoms with Crippen molar-refractivity contribution >= 4 is 5.69 Å². The molecule has 104 valence electrons. The first-order chi connectivity index (χ1) is 8.95. The minimum absolute atomic E-state index is 0.325. The molecule has 0 N–H and O–H groups in total. The van der Waals surface area contributed by atoms with E-state index in [0.29, 0.717) is 6.04 Å². The third-order valence-corrected chi connectivity index (χ3v) is 4.08. The number of hydrogen-bond donors (Lipinski definition) is 0. The van der Waals surface area contributed by atoms with Crippen molar-refractivity contribution in [1.29, 1.82) is 0 Å².